The fourth-order valence-corrected chi connectivity index (χ4v) is 2.02. The van der Waals surface area contributed by atoms with Gasteiger partial charge in [0.1, 0.15) is 11.6 Å². The molecule has 0 atom stereocenters. The molecule has 4 heteroatoms. The summed E-state index contributed by atoms with van der Waals surface area (Å²) < 4.78 is 7.29. The lowest BCUT2D eigenvalue weighted by atomic mass is 10.3. The SMILES string of the molecule is CCCc1nc(CCl)c2cc(OC)ccn12. The van der Waals surface area contributed by atoms with Crippen LogP contribution in [0.25, 0.3) is 5.52 Å². The molecule has 0 N–H and O–H groups in total. The number of ether oxygens (including phenoxy) is 1. The Morgan fingerprint density at radius 1 is 1.50 bits per heavy atom. The van der Waals surface area contributed by atoms with Crippen molar-refractivity contribution in [1.29, 1.82) is 0 Å². The molecule has 0 aromatic carbocycles. The number of methoxy groups -OCH3 is 1. The van der Waals surface area contributed by atoms with Gasteiger partial charge in [0.05, 0.1) is 24.2 Å². The molecule has 0 aliphatic heterocycles. The maximum absolute atomic E-state index is 5.90. The summed E-state index contributed by atoms with van der Waals surface area (Å²) in [6, 6.07) is 3.91. The Kier molecular flexibility index (Phi) is 3.34. The van der Waals surface area contributed by atoms with Crippen LogP contribution in [0.15, 0.2) is 18.3 Å². The van der Waals surface area contributed by atoms with E-state index < -0.39 is 0 Å². The minimum absolute atomic E-state index is 0.431. The largest absolute Gasteiger partial charge is 0.497 e. The van der Waals surface area contributed by atoms with Crippen LogP contribution >= 0.6 is 11.6 Å². The molecule has 0 fully saturated rings. The molecule has 0 amide bonds. The van der Waals surface area contributed by atoms with E-state index in [4.69, 9.17) is 16.3 Å². The van der Waals surface area contributed by atoms with Gasteiger partial charge in [0.25, 0.3) is 0 Å². The highest BCUT2D eigenvalue weighted by molar-refractivity contribution is 6.17. The average Bonchev–Trinajstić information content (AvgIpc) is 2.67. The van der Waals surface area contributed by atoms with Crippen molar-refractivity contribution in [3.63, 3.8) is 0 Å². The number of halogens is 1. The van der Waals surface area contributed by atoms with E-state index in [0.717, 1.165) is 35.6 Å². The molecule has 2 aromatic heterocycles. The Hall–Kier alpha value is -1.22. The summed E-state index contributed by atoms with van der Waals surface area (Å²) in [7, 11) is 1.66. The second-order valence-electron chi connectivity index (χ2n) is 3.68. The number of imidazole rings is 1. The zero-order valence-corrected chi connectivity index (χ0v) is 10.3. The van der Waals surface area contributed by atoms with Gasteiger partial charge in [-0.3, -0.25) is 0 Å². The van der Waals surface area contributed by atoms with Gasteiger partial charge in [-0.05, 0) is 12.5 Å². The average molecular weight is 239 g/mol. The third-order valence-corrected chi connectivity index (χ3v) is 2.85. The van der Waals surface area contributed by atoms with Crippen molar-refractivity contribution in [2.75, 3.05) is 7.11 Å². The van der Waals surface area contributed by atoms with Crippen LogP contribution in [0.3, 0.4) is 0 Å². The van der Waals surface area contributed by atoms with Crippen molar-refractivity contribution in [3.8, 4) is 5.75 Å². The fraction of sp³-hybridized carbons (Fsp3) is 0.417. The zero-order valence-electron chi connectivity index (χ0n) is 9.53. The van der Waals surface area contributed by atoms with Gasteiger partial charge in [-0.15, -0.1) is 11.6 Å². The van der Waals surface area contributed by atoms with E-state index in [1.165, 1.54) is 0 Å². The van der Waals surface area contributed by atoms with Crippen LogP contribution in [0.2, 0.25) is 0 Å². The smallest absolute Gasteiger partial charge is 0.122 e. The van der Waals surface area contributed by atoms with Crippen LogP contribution in [0.1, 0.15) is 24.9 Å². The number of aryl methyl sites for hydroxylation is 1. The Labute approximate surface area is 100 Å². The summed E-state index contributed by atoms with van der Waals surface area (Å²) in [5.41, 5.74) is 1.96. The van der Waals surface area contributed by atoms with E-state index >= 15 is 0 Å². The van der Waals surface area contributed by atoms with Gasteiger partial charge in [0.15, 0.2) is 0 Å². The topological polar surface area (TPSA) is 26.5 Å². The van der Waals surface area contributed by atoms with E-state index in [1.807, 2.05) is 18.3 Å². The van der Waals surface area contributed by atoms with E-state index in [9.17, 15) is 0 Å². The Bertz CT molecular complexity index is 493. The van der Waals surface area contributed by atoms with Gasteiger partial charge in [0, 0.05) is 18.7 Å². The summed E-state index contributed by atoms with van der Waals surface area (Å²) in [5.74, 6) is 2.33. The van der Waals surface area contributed by atoms with Crippen LogP contribution in [0, 0.1) is 0 Å². The molecule has 2 heterocycles. The number of alkyl halides is 1. The highest BCUT2D eigenvalue weighted by atomic mass is 35.5. The molecular weight excluding hydrogens is 224 g/mol. The monoisotopic (exact) mass is 238 g/mol. The third kappa shape index (κ3) is 1.87. The minimum atomic E-state index is 0.431. The first-order valence-corrected chi connectivity index (χ1v) is 5.93. The summed E-state index contributed by atoms with van der Waals surface area (Å²) in [6.07, 6.45) is 4.03. The number of hydrogen-bond acceptors (Lipinski definition) is 2. The molecule has 0 unspecified atom stereocenters. The number of fused-ring (bicyclic) bond motifs is 1. The highest BCUT2D eigenvalue weighted by Gasteiger charge is 2.10. The molecule has 86 valence electrons. The standard InChI is InChI=1S/C12H15ClN2O/c1-3-4-12-14-10(8-13)11-7-9(16-2)5-6-15(11)12/h5-7H,3-4,8H2,1-2H3. The Morgan fingerprint density at radius 3 is 2.94 bits per heavy atom. The fourth-order valence-electron chi connectivity index (χ4n) is 1.82. The Morgan fingerprint density at radius 2 is 2.31 bits per heavy atom. The van der Waals surface area contributed by atoms with Crippen molar-refractivity contribution in [3.05, 3.63) is 29.8 Å². The predicted molar refractivity (Wildman–Crippen MR) is 65.3 cm³/mol. The first-order valence-electron chi connectivity index (χ1n) is 5.40. The lowest BCUT2D eigenvalue weighted by Crippen LogP contribution is -1.94. The Balaban J connectivity index is 2.59. The third-order valence-electron chi connectivity index (χ3n) is 2.60. The molecule has 0 saturated carbocycles. The summed E-state index contributed by atoms with van der Waals surface area (Å²) in [6.45, 7) is 2.14. The first-order chi connectivity index (χ1) is 7.80. The molecule has 0 aliphatic rings. The lowest BCUT2D eigenvalue weighted by molar-refractivity contribution is 0.414. The van der Waals surface area contributed by atoms with Gasteiger partial charge in [-0.2, -0.15) is 0 Å². The van der Waals surface area contributed by atoms with Crippen molar-refractivity contribution in [2.45, 2.75) is 25.6 Å². The molecule has 2 rings (SSSR count). The number of pyridine rings is 1. The molecule has 3 nitrogen and oxygen atoms in total. The van der Waals surface area contributed by atoms with Gasteiger partial charge >= 0.3 is 0 Å². The quantitative estimate of drug-likeness (QED) is 0.766. The molecular formula is C12H15ClN2O. The highest BCUT2D eigenvalue weighted by Crippen LogP contribution is 2.21. The zero-order chi connectivity index (χ0) is 11.5. The maximum Gasteiger partial charge on any atom is 0.122 e. The van der Waals surface area contributed by atoms with Crippen molar-refractivity contribution in [2.24, 2.45) is 0 Å². The van der Waals surface area contributed by atoms with E-state index in [-0.39, 0.29) is 0 Å². The van der Waals surface area contributed by atoms with Crippen LogP contribution in [0.5, 0.6) is 5.75 Å². The molecule has 0 saturated heterocycles. The summed E-state index contributed by atoms with van der Waals surface area (Å²) >= 11 is 5.90. The van der Waals surface area contributed by atoms with E-state index in [2.05, 4.69) is 16.3 Å². The van der Waals surface area contributed by atoms with Gasteiger partial charge in [-0.1, -0.05) is 6.92 Å². The second kappa shape index (κ2) is 4.74. The van der Waals surface area contributed by atoms with Crippen molar-refractivity contribution < 1.29 is 4.74 Å². The number of hydrogen-bond donors (Lipinski definition) is 0. The molecule has 0 bridgehead atoms. The number of nitrogens with zero attached hydrogens (tertiary/aromatic N) is 2. The maximum atomic E-state index is 5.90. The normalized spacial score (nSPS) is 10.9. The molecule has 0 aliphatic carbocycles. The molecule has 0 radical (unpaired) electrons. The van der Waals surface area contributed by atoms with E-state index in [0.29, 0.717) is 5.88 Å². The number of aromatic nitrogens is 2. The predicted octanol–water partition coefficient (Wildman–Crippen LogP) is 3.03. The van der Waals surface area contributed by atoms with Crippen LogP contribution in [-0.4, -0.2) is 16.5 Å². The molecule has 0 spiro atoms. The van der Waals surface area contributed by atoms with Gasteiger partial charge in [0.2, 0.25) is 0 Å². The van der Waals surface area contributed by atoms with E-state index in [1.54, 1.807) is 7.11 Å². The first kappa shape index (κ1) is 11.3. The molecule has 2 aromatic rings. The van der Waals surface area contributed by atoms with Gasteiger partial charge in [-0.25, -0.2) is 4.98 Å². The van der Waals surface area contributed by atoms with Crippen molar-refractivity contribution >= 4 is 17.1 Å². The minimum Gasteiger partial charge on any atom is -0.497 e. The van der Waals surface area contributed by atoms with Crippen LogP contribution in [0.4, 0.5) is 0 Å². The number of rotatable bonds is 4. The second-order valence-corrected chi connectivity index (χ2v) is 3.95. The van der Waals surface area contributed by atoms with Gasteiger partial charge < -0.3 is 9.14 Å². The molecule has 16 heavy (non-hydrogen) atoms. The van der Waals surface area contributed by atoms with Crippen LogP contribution in [-0.2, 0) is 12.3 Å². The van der Waals surface area contributed by atoms with Crippen molar-refractivity contribution in [1.82, 2.24) is 9.38 Å². The van der Waals surface area contributed by atoms with Crippen LogP contribution < -0.4 is 4.74 Å². The summed E-state index contributed by atoms with van der Waals surface area (Å²) in [5, 5.41) is 0. The summed E-state index contributed by atoms with van der Waals surface area (Å²) in [4.78, 5) is 4.55. The lowest BCUT2D eigenvalue weighted by Gasteiger charge is -2.02.